The van der Waals surface area contributed by atoms with Crippen LogP contribution >= 0.6 is 0 Å². The van der Waals surface area contributed by atoms with E-state index in [-0.39, 0.29) is 24.5 Å². The molecule has 116 valence electrons. The van der Waals surface area contributed by atoms with E-state index in [1.54, 1.807) is 0 Å². The summed E-state index contributed by atoms with van der Waals surface area (Å²) in [5.41, 5.74) is 2.07. The molecule has 1 fully saturated rings. The number of hydrogen-bond acceptors (Lipinski definition) is 3. The minimum atomic E-state index is -0.279. The van der Waals surface area contributed by atoms with Crippen molar-refractivity contribution in [2.24, 2.45) is 5.92 Å². The average molecular weight is 291 g/mol. The number of aliphatic hydroxyl groups excluding tert-OH is 1. The highest BCUT2D eigenvalue weighted by atomic mass is 16.5. The van der Waals surface area contributed by atoms with Crippen LogP contribution in [0.3, 0.4) is 0 Å². The number of carbonyl (C=O) groups excluding carboxylic acids is 1. The lowest BCUT2D eigenvalue weighted by molar-refractivity contribution is -0.123. The van der Waals surface area contributed by atoms with Crippen molar-refractivity contribution in [3.63, 3.8) is 0 Å². The molecular weight excluding hydrogens is 266 g/mol. The van der Waals surface area contributed by atoms with E-state index in [2.05, 4.69) is 5.32 Å². The molecule has 1 aromatic rings. The van der Waals surface area contributed by atoms with Crippen LogP contribution in [0.4, 0.5) is 0 Å². The van der Waals surface area contributed by atoms with E-state index in [9.17, 15) is 9.90 Å². The maximum absolute atomic E-state index is 11.9. The Labute approximate surface area is 126 Å². The van der Waals surface area contributed by atoms with Crippen molar-refractivity contribution in [1.29, 1.82) is 0 Å². The number of rotatable bonds is 5. The van der Waals surface area contributed by atoms with Crippen LogP contribution in [0.1, 0.15) is 36.8 Å². The molecule has 0 spiro atoms. The monoisotopic (exact) mass is 291 g/mol. The summed E-state index contributed by atoms with van der Waals surface area (Å²) in [4.78, 5) is 11.9. The molecule has 2 N–H and O–H groups in total. The van der Waals surface area contributed by atoms with Gasteiger partial charge in [0.25, 0.3) is 5.91 Å². The summed E-state index contributed by atoms with van der Waals surface area (Å²) >= 11 is 0. The molecule has 0 heterocycles. The van der Waals surface area contributed by atoms with Crippen LogP contribution in [0.25, 0.3) is 0 Å². The Morgan fingerprint density at radius 3 is 2.62 bits per heavy atom. The highest BCUT2D eigenvalue weighted by Gasteiger charge is 2.23. The van der Waals surface area contributed by atoms with Gasteiger partial charge in [0, 0.05) is 12.5 Å². The fraction of sp³-hybridized carbons (Fsp3) is 0.588. The lowest BCUT2D eigenvalue weighted by atomic mass is 9.86. The molecule has 1 saturated carbocycles. The number of benzene rings is 1. The van der Waals surface area contributed by atoms with Gasteiger partial charge in [-0.05, 0) is 37.8 Å². The van der Waals surface area contributed by atoms with Gasteiger partial charge in [0.15, 0.2) is 6.61 Å². The van der Waals surface area contributed by atoms with Gasteiger partial charge in [0.05, 0.1) is 6.10 Å². The Balaban J connectivity index is 1.77. The molecule has 0 saturated heterocycles. The Morgan fingerprint density at radius 1 is 1.29 bits per heavy atom. The van der Waals surface area contributed by atoms with Crippen molar-refractivity contribution >= 4 is 5.91 Å². The summed E-state index contributed by atoms with van der Waals surface area (Å²) in [5.74, 6) is 0.837. The van der Waals surface area contributed by atoms with Crippen LogP contribution in [-0.2, 0) is 4.79 Å². The second-order valence-electron chi connectivity index (χ2n) is 5.93. The number of para-hydroxylation sites is 1. The summed E-state index contributed by atoms with van der Waals surface area (Å²) in [6.45, 7) is 4.50. The van der Waals surface area contributed by atoms with Gasteiger partial charge in [-0.3, -0.25) is 4.79 Å². The van der Waals surface area contributed by atoms with Gasteiger partial charge in [0.2, 0.25) is 0 Å². The number of ether oxygens (including phenoxy) is 1. The molecule has 4 heteroatoms. The third-order valence-corrected chi connectivity index (χ3v) is 4.19. The van der Waals surface area contributed by atoms with Crippen LogP contribution in [0.2, 0.25) is 0 Å². The van der Waals surface area contributed by atoms with Gasteiger partial charge < -0.3 is 15.2 Å². The summed E-state index contributed by atoms with van der Waals surface area (Å²) in [6.07, 6.45) is 3.77. The third-order valence-electron chi connectivity index (χ3n) is 4.19. The maximum Gasteiger partial charge on any atom is 0.257 e. The van der Waals surface area contributed by atoms with E-state index in [1.165, 1.54) is 0 Å². The van der Waals surface area contributed by atoms with Gasteiger partial charge in [0.1, 0.15) is 5.75 Å². The lowest BCUT2D eigenvalue weighted by Crippen LogP contribution is -2.38. The van der Waals surface area contributed by atoms with Crippen molar-refractivity contribution in [2.45, 2.75) is 45.6 Å². The first-order chi connectivity index (χ1) is 10.1. The Kier molecular flexibility index (Phi) is 5.62. The molecule has 0 bridgehead atoms. The SMILES string of the molecule is Cc1cccc(C)c1OCC(=O)NCC1CCCCC1O. The summed E-state index contributed by atoms with van der Waals surface area (Å²) in [6, 6.07) is 5.92. The molecule has 0 aromatic heterocycles. The van der Waals surface area contributed by atoms with E-state index >= 15 is 0 Å². The summed E-state index contributed by atoms with van der Waals surface area (Å²) in [5, 5.41) is 12.7. The number of aliphatic hydroxyl groups is 1. The number of amides is 1. The molecule has 2 atom stereocenters. The predicted molar refractivity (Wildman–Crippen MR) is 82.4 cm³/mol. The van der Waals surface area contributed by atoms with Gasteiger partial charge in [-0.15, -0.1) is 0 Å². The van der Waals surface area contributed by atoms with E-state index in [1.807, 2.05) is 32.0 Å². The van der Waals surface area contributed by atoms with Crippen LogP contribution in [-0.4, -0.2) is 30.3 Å². The zero-order valence-corrected chi connectivity index (χ0v) is 12.9. The highest BCUT2D eigenvalue weighted by molar-refractivity contribution is 5.77. The van der Waals surface area contributed by atoms with Crippen molar-refractivity contribution in [2.75, 3.05) is 13.2 Å². The molecule has 21 heavy (non-hydrogen) atoms. The quantitative estimate of drug-likeness (QED) is 0.875. The summed E-state index contributed by atoms with van der Waals surface area (Å²) < 4.78 is 5.62. The number of carbonyl (C=O) groups is 1. The van der Waals surface area contributed by atoms with Crippen molar-refractivity contribution < 1.29 is 14.6 Å². The standard InChI is InChI=1S/C17H25NO3/c1-12-6-5-7-13(2)17(12)21-11-16(20)18-10-14-8-3-4-9-15(14)19/h5-7,14-15,19H,3-4,8-11H2,1-2H3,(H,18,20). The Hall–Kier alpha value is -1.55. The van der Waals surface area contributed by atoms with E-state index in [0.29, 0.717) is 6.54 Å². The Morgan fingerprint density at radius 2 is 1.95 bits per heavy atom. The van der Waals surface area contributed by atoms with Gasteiger partial charge in [-0.1, -0.05) is 31.0 Å². The minimum absolute atomic E-state index is 0.0223. The highest BCUT2D eigenvalue weighted by Crippen LogP contribution is 2.24. The zero-order chi connectivity index (χ0) is 15.2. The molecule has 1 amide bonds. The van der Waals surface area contributed by atoms with Crippen molar-refractivity contribution in [3.8, 4) is 5.75 Å². The number of hydrogen-bond donors (Lipinski definition) is 2. The minimum Gasteiger partial charge on any atom is -0.483 e. The largest absolute Gasteiger partial charge is 0.483 e. The van der Waals surface area contributed by atoms with Crippen LogP contribution in [0.5, 0.6) is 5.75 Å². The molecular formula is C17H25NO3. The van der Waals surface area contributed by atoms with E-state index in [4.69, 9.17) is 4.74 Å². The van der Waals surface area contributed by atoms with Gasteiger partial charge in [-0.2, -0.15) is 0 Å². The maximum atomic E-state index is 11.9. The molecule has 2 unspecified atom stereocenters. The van der Waals surface area contributed by atoms with Crippen molar-refractivity contribution in [3.05, 3.63) is 29.3 Å². The van der Waals surface area contributed by atoms with Crippen molar-refractivity contribution in [1.82, 2.24) is 5.32 Å². The number of aryl methyl sites for hydroxylation is 2. The van der Waals surface area contributed by atoms with E-state index in [0.717, 1.165) is 42.6 Å². The van der Waals surface area contributed by atoms with Gasteiger partial charge >= 0.3 is 0 Å². The second kappa shape index (κ2) is 7.46. The molecule has 4 nitrogen and oxygen atoms in total. The molecule has 1 aliphatic rings. The smallest absolute Gasteiger partial charge is 0.257 e. The van der Waals surface area contributed by atoms with Crippen LogP contribution < -0.4 is 10.1 Å². The number of nitrogens with one attached hydrogen (secondary N) is 1. The second-order valence-corrected chi connectivity index (χ2v) is 5.93. The normalized spacial score (nSPS) is 21.9. The topological polar surface area (TPSA) is 58.6 Å². The first-order valence-corrected chi connectivity index (χ1v) is 7.71. The molecule has 0 aliphatic heterocycles. The molecule has 1 aliphatic carbocycles. The first-order valence-electron chi connectivity index (χ1n) is 7.71. The average Bonchev–Trinajstić information content (AvgIpc) is 2.46. The van der Waals surface area contributed by atoms with E-state index < -0.39 is 0 Å². The third kappa shape index (κ3) is 4.46. The zero-order valence-electron chi connectivity index (χ0n) is 12.9. The fourth-order valence-corrected chi connectivity index (χ4v) is 2.89. The Bertz CT molecular complexity index is 467. The molecule has 0 radical (unpaired) electrons. The fourth-order valence-electron chi connectivity index (χ4n) is 2.89. The van der Waals surface area contributed by atoms with Crippen LogP contribution in [0.15, 0.2) is 18.2 Å². The molecule has 1 aromatic carbocycles. The summed E-state index contributed by atoms with van der Waals surface area (Å²) in [7, 11) is 0. The first kappa shape index (κ1) is 15.8. The van der Waals surface area contributed by atoms with Gasteiger partial charge in [-0.25, -0.2) is 0 Å². The molecule has 2 rings (SSSR count). The predicted octanol–water partition coefficient (Wildman–Crippen LogP) is 2.35. The van der Waals surface area contributed by atoms with Crippen LogP contribution in [0, 0.1) is 19.8 Å². The lowest BCUT2D eigenvalue weighted by Gasteiger charge is -2.27.